The third-order valence-electron chi connectivity index (χ3n) is 1.44. The molecule has 0 radical (unpaired) electrons. The van der Waals surface area contributed by atoms with E-state index in [1.807, 2.05) is 13.8 Å². The van der Waals surface area contributed by atoms with Crippen LogP contribution in [0.1, 0.15) is 35.7 Å². The van der Waals surface area contributed by atoms with E-state index >= 15 is 0 Å². The Hall–Kier alpha value is -1.29. The van der Waals surface area contributed by atoms with E-state index in [1.54, 1.807) is 0 Å². The van der Waals surface area contributed by atoms with E-state index in [9.17, 15) is 4.79 Å². The molecule has 0 saturated heterocycles. The van der Waals surface area contributed by atoms with Gasteiger partial charge in [0.2, 0.25) is 5.76 Å². The second-order valence-corrected chi connectivity index (χ2v) is 3.27. The molecule has 15 heavy (non-hydrogen) atoms. The van der Waals surface area contributed by atoms with E-state index in [2.05, 4.69) is 29.1 Å². The van der Waals surface area contributed by atoms with E-state index in [-0.39, 0.29) is 5.76 Å². The van der Waals surface area contributed by atoms with Crippen molar-refractivity contribution in [3.63, 3.8) is 0 Å². The third-order valence-corrected chi connectivity index (χ3v) is 1.80. The Balaban J connectivity index is 0.000000921. The summed E-state index contributed by atoms with van der Waals surface area (Å²) in [6, 6.07) is 1.40. The summed E-state index contributed by atoms with van der Waals surface area (Å²) in [5.74, 6) is -0.832. The maximum Gasteiger partial charge on any atom is 0.371 e. The van der Waals surface area contributed by atoms with Crippen LogP contribution in [-0.2, 0) is 0 Å². The Morgan fingerprint density at radius 2 is 2.13 bits per heavy atom. The van der Waals surface area contributed by atoms with E-state index in [1.165, 1.54) is 12.1 Å². The van der Waals surface area contributed by atoms with E-state index in [0.29, 0.717) is 15.8 Å². The molecule has 4 heteroatoms. The summed E-state index contributed by atoms with van der Waals surface area (Å²) >= 11 is 3.11. The standard InChI is InChI=1S/C9H7BrO3.C2H6/c1-3-6-4-7(9(11)12)13-8(6)5(2)10;1-2/h3-4H,1-2H2,(H,11,12);1-2H3. The minimum Gasteiger partial charge on any atom is -0.475 e. The fourth-order valence-corrected chi connectivity index (χ4v) is 1.18. The quantitative estimate of drug-likeness (QED) is 0.905. The zero-order chi connectivity index (χ0) is 12.0. The van der Waals surface area contributed by atoms with Gasteiger partial charge in [-0.15, -0.1) is 0 Å². The van der Waals surface area contributed by atoms with Crippen LogP contribution in [0.5, 0.6) is 0 Å². The lowest BCUT2D eigenvalue weighted by Crippen LogP contribution is -1.91. The first-order valence-corrected chi connectivity index (χ1v) is 5.20. The lowest BCUT2D eigenvalue weighted by atomic mass is 10.2. The van der Waals surface area contributed by atoms with Crippen molar-refractivity contribution in [1.29, 1.82) is 0 Å². The number of carbonyl (C=O) groups is 1. The molecule has 1 aromatic rings. The number of hydrogen-bond acceptors (Lipinski definition) is 2. The molecule has 0 spiro atoms. The molecule has 1 N–H and O–H groups in total. The maximum atomic E-state index is 10.5. The number of rotatable bonds is 3. The molecule has 0 saturated carbocycles. The maximum absolute atomic E-state index is 10.5. The molecule has 0 aliphatic rings. The van der Waals surface area contributed by atoms with Crippen LogP contribution >= 0.6 is 15.9 Å². The van der Waals surface area contributed by atoms with Gasteiger partial charge >= 0.3 is 5.97 Å². The molecule has 0 aromatic carbocycles. The normalized spacial score (nSPS) is 8.73. The largest absolute Gasteiger partial charge is 0.475 e. The molecular formula is C11H13BrO3. The van der Waals surface area contributed by atoms with Gasteiger partial charge in [0, 0.05) is 5.56 Å². The first-order chi connectivity index (χ1) is 7.06. The van der Waals surface area contributed by atoms with Gasteiger partial charge in [0.05, 0.1) is 4.48 Å². The van der Waals surface area contributed by atoms with Crippen LogP contribution in [0.2, 0.25) is 0 Å². The van der Waals surface area contributed by atoms with Gasteiger partial charge in [0.25, 0.3) is 0 Å². The summed E-state index contributed by atoms with van der Waals surface area (Å²) in [5.41, 5.74) is 0.610. The molecule has 82 valence electrons. The molecular weight excluding hydrogens is 260 g/mol. The topological polar surface area (TPSA) is 50.4 Å². The van der Waals surface area contributed by atoms with Gasteiger partial charge < -0.3 is 9.52 Å². The lowest BCUT2D eigenvalue weighted by molar-refractivity contribution is 0.0662. The first-order valence-electron chi connectivity index (χ1n) is 4.40. The van der Waals surface area contributed by atoms with Gasteiger partial charge in [-0.25, -0.2) is 4.79 Å². The molecule has 0 aliphatic carbocycles. The molecule has 1 heterocycles. The molecule has 0 amide bonds. The van der Waals surface area contributed by atoms with Crippen LogP contribution in [0.15, 0.2) is 23.6 Å². The van der Waals surface area contributed by atoms with Gasteiger partial charge in [0.15, 0.2) is 0 Å². The second kappa shape index (κ2) is 6.24. The minimum absolute atomic E-state index is 0.120. The van der Waals surface area contributed by atoms with Crippen molar-refractivity contribution in [2.75, 3.05) is 0 Å². The average molecular weight is 273 g/mol. The Labute approximate surface area is 97.2 Å². The van der Waals surface area contributed by atoms with Crippen molar-refractivity contribution in [3.05, 3.63) is 36.3 Å². The highest BCUT2D eigenvalue weighted by molar-refractivity contribution is 9.15. The highest BCUT2D eigenvalue weighted by Crippen LogP contribution is 2.27. The van der Waals surface area contributed by atoms with E-state index in [4.69, 9.17) is 9.52 Å². The van der Waals surface area contributed by atoms with Crippen LogP contribution in [0, 0.1) is 0 Å². The van der Waals surface area contributed by atoms with Crippen LogP contribution in [-0.4, -0.2) is 11.1 Å². The number of aromatic carboxylic acids is 1. The van der Waals surface area contributed by atoms with E-state index < -0.39 is 5.97 Å². The Morgan fingerprint density at radius 1 is 1.60 bits per heavy atom. The molecule has 1 aromatic heterocycles. The molecule has 0 bridgehead atoms. The van der Waals surface area contributed by atoms with Gasteiger partial charge in [-0.1, -0.05) is 33.1 Å². The molecule has 0 atom stereocenters. The van der Waals surface area contributed by atoms with Gasteiger partial charge in [-0.2, -0.15) is 0 Å². The predicted octanol–water partition coefficient (Wildman–Crippen LogP) is 4.01. The number of carboxylic acid groups (broad SMARTS) is 1. The van der Waals surface area contributed by atoms with Crippen LogP contribution < -0.4 is 0 Å². The first kappa shape index (κ1) is 13.7. The number of furan rings is 1. The summed E-state index contributed by atoms with van der Waals surface area (Å²) in [5, 5.41) is 8.63. The van der Waals surface area contributed by atoms with Crippen molar-refractivity contribution >= 4 is 32.5 Å². The monoisotopic (exact) mass is 272 g/mol. The summed E-state index contributed by atoms with van der Waals surface area (Å²) in [6.07, 6.45) is 1.51. The van der Waals surface area contributed by atoms with Gasteiger partial charge in [-0.05, 0) is 22.0 Å². The van der Waals surface area contributed by atoms with Gasteiger partial charge in [0.1, 0.15) is 5.76 Å². The van der Waals surface area contributed by atoms with E-state index in [0.717, 1.165) is 0 Å². The molecule has 0 fully saturated rings. The number of carboxylic acids is 1. The van der Waals surface area contributed by atoms with Crippen LogP contribution in [0.25, 0.3) is 10.6 Å². The van der Waals surface area contributed by atoms with Crippen molar-refractivity contribution < 1.29 is 14.3 Å². The van der Waals surface area contributed by atoms with Gasteiger partial charge in [-0.3, -0.25) is 0 Å². The fraction of sp³-hybridized carbons (Fsp3) is 0.182. The summed E-state index contributed by atoms with van der Waals surface area (Å²) in [4.78, 5) is 10.5. The predicted molar refractivity (Wildman–Crippen MR) is 65.1 cm³/mol. The van der Waals surface area contributed by atoms with Crippen LogP contribution in [0.3, 0.4) is 0 Å². The van der Waals surface area contributed by atoms with Crippen molar-refractivity contribution in [1.82, 2.24) is 0 Å². The lowest BCUT2D eigenvalue weighted by Gasteiger charge is -1.92. The highest BCUT2D eigenvalue weighted by atomic mass is 79.9. The fourth-order valence-electron chi connectivity index (χ4n) is 0.874. The Bertz CT molecular complexity index is 377. The number of hydrogen-bond donors (Lipinski definition) is 1. The van der Waals surface area contributed by atoms with Crippen molar-refractivity contribution in [2.45, 2.75) is 13.8 Å². The summed E-state index contributed by atoms with van der Waals surface area (Å²) < 4.78 is 5.51. The molecule has 0 unspecified atom stereocenters. The second-order valence-electron chi connectivity index (χ2n) is 2.31. The molecule has 1 rings (SSSR count). The smallest absolute Gasteiger partial charge is 0.371 e. The van der Waals surface area contributed by atoms with Crippen LogP contribution in [0.4, 0.5) is 0 Å². The average Bonchev–Trinajstić information content (AvgIpc) is 2.64. The minimum atomic E-state index is -1.11. The zero-order valence-corrected chi connectivity index (χ0v) is 10.3. The Kier molecular flexibility index (Phi) is 5.70. The highest BCUT2D eigenvalue weighted by Gasteiger charge is 2.14. The summed E-state index contributed by atoms with van der Waals surface area (Å²) in [7, 11) is 0. The number of halogens is 1. The van der Waals surface area contributed by atoms with Crippen molar-refractivity contribution in [3.8, 4) is 0 Å². The SMILES string of the molecule is C=Cc1cc(C(=O)O)oc1C(=C)Br.CC. The zero-order valence-electron chi connectivity index (χ0n) is 8.71. The molecule has 3 nitrogen and oxygen atoms in total. The summed E-state index contributed by atoms with van der Waals surface area (Å²) in [6.45, 7) is 11.1. The molecule has 0 aliphatic heterocycles. The Morgan fingerprint density at radius 3 is 2.40 bits per heavy atom. The van der Waals surface area contributed by atoms with Crippen molar-refractivity contribution in [2.24, 2.45) is 0 Å². The third kappa shape index (κ3) is 3.40.